The number of hydrogen-bond donors (Lipinski definition) is 1. The van der Waals surface area contributed by atoms with Crippen LogP contribution in [0.1, 0.15) is 53.4 Å². The summed E-state index contributed by atoms with van der Waals surface area (Å²) in [6.07, 6.45) is 6.27. The molecule has 2 atom stereocenters. The smallest absolute Gasteiger partial charge is 0.410 e. The number of carbonyl (C=O) groups excluding carboxylic acids is 1. The summed E-state index contributed by atoms with van der Waals surface area (Å²) in [5, 5.41) is 3.62. The average Bonchev–Trinajstić information content (AvgIpc) is 2.97. The van der Waals surface area contributed by atoms with Crippen molar-refractivity contribution in [2.24, 2.45) is 5.92 Å². The second-order valence-corrected chi connectivity index (χ2v) is 7.50. The van der Waals surface area contributed by atoms with Gasteiger partial charge in [0.15, 0.2) is 0 Å². The molecule has 0 spiro atoms. The predicted molar refractivity (Wildman–Crippen MR) is 91.3 cm³/mol. The lowest BCUT2D eigenvalue weighted by molar-refractivity contribution is 0.0283. The van der Waals surface area contributed by atoms with Crippen molar-refractivity contribution < 1.29 is 14.3 Å². The molecule has 0 aromatic carbocycles. The second-order valence-electron chi connectivity index (χ2n) is 7.50. The Labute approximate surface area is 140 Å². The highest BCUT2D eigenvalue weighted by atomic mass is 16.6. The zero-order valence-corrected chi connectivity index (χ0v) is 15.1. The van der Waals surface area contributed by atoms with E-state index in [9.17, 15) is 4.79 Å². The first-order chi connectivity index (χ1) is 10.9. The summed E-state index contributed by atoms with van der Waals surface area (Å²) >= 11 is 0. The molecule has 0 aliphatic carbocycles. The van der Waals surface area contributed by atoms with Crippen molar-refractivity contribution in [2.75, 3.05) is 26.2 Å². The summed E-state index contributed by atoms with van der Waals surface area (Å²) < 4.78 is 11.4. The lowest BCUT2D eigenvalue weighted by Crippen LogP contribution is -2.42. The van der Waals surface area contributed by atoms with Crippen LogP contribution in [0.4, 0.5) is 4.79 Å². The van der Waals surface area contributed by atoms with E-state index in [1.54, 1.807) is 0 Å². The average molecular weight is 324 g/mol. The van der Waals surface area contributed by atoms with Gasteiger partial charge < -0.3 is 19.7 Å². The van der Waals surface area contributed by atoms with Gasteiger partial charge in [-0.2, -0.15) is 0 Å². The van der Waals surface area contributed by atoms with Crippen molar-refractivity contribution in [3.8, 4) is 0 Å². The van der Waals surface area contributed by atoms with E-state index in [1.807, 2.05) is 25.7 Å². The fraction of sp³-hybridized carbons (Fsp3) is 0.833. The largest absolute Gasteiger partial charge is 0.497 e. The molecule has 2 aliphatic rings. The van der Waals surface area contributed by atoms with Crippen LogP contribution in [-0.4, -0.2) is 48.9 Å². The number of carbonyl (C=O) groups is 1. The molecule has 2 rings (SSSR count). The van der Waals surface area contributed by atoms with Crippen molar-refractivity contribution in [1.29, 1.82) is 0 Å². The molecule has 2 heterocycles. The summed E-state index contributed by atoms with van der Waals surface area (Å²) in [5.74, 6) is 1.46. The van der Waals surface area contributed by atoms with E-state index < -0.39 is 5.60 Å². The number of rotatable bonds is 5. The van der Waals surface area contributed by atoms with Crippen LogP contribution < -0.4 is 5.32 Å². The fourth-order valence-electron chi connectivity index (χ4n) is 3.14. The lowest BCUT2D eigenvalue weighted by Gasteiger charge is -2.30. The minimum absolute atomic E-state index is 0.201. The standard InChI is InChI=1S/C18H32N2O3/c1-5-10-19-16(15-8-6-7-12-22-15)14-9-11-20(13-14)17(21)23-18(2,3)4/h8,14,16,19H,5-7,9-13H2,1-4H3. The Kier molecular flexibility index (Phi) is 6.33. The zero-order chi connectivity index (χ0) is 16.9. The predicted octanol–water partition coefficient (Wildman–Crippen LogP) is 3.31. The lowest BCUT2D eigenvalue weighted by atomic mass is 9.95. The third kappa shape index (κ3) is 5.41. The molecule has 0 saturated carbocycles. The van der Waals surface area contributed by atoms with Crippen LogP contribution in [0.5, 0.6) is 0 Å². The van der Waals surface area contributed by atoms with Crippen molar-refractivity contribution >= 4 is 6.09 Å². The molecule has 5 heteroatoms. The number of likely N-dealkylation sites (tertiary alicyclic amines) is 1. The molecule has 132 valence electrons. The second kappa shape index (κ2) is 8.04. The van der Waals surface area contributed by atoms with E-state index >= 15 is 0 Å². The Bertz CT molecular complexity index is 428. The van der Waals surface area contributed by atoms with Crippen molar-refractivity contribution in [1.82, 2.24) is 10.2 Å². The summed E-state index contributed by atoms with van der Waals surface area (Å²) in [5.41, 5.74) is -0.440. The van der Waals surface area contributed by atoms with Gasteiger partial charge in [-0.25, -0.2) is 4.79 Å². The third-order valence-electron chi connectivity index (χ3n) is 4.23. The van der Waals surface area contributed by atoms with Crippen molar-refractivity contribution in [3.63, 3.8) is 0 Å². The van der Waals surface area contributed by atoms with E-state index in [1.165, 1.54) is 0 Å². The summed E-state index contributed by atoms with van der Waals surface area (Å²) in [6.45, 7) is 11.2. The monoisotopic (exact) mass is 324 g/mol. The van der Waals surface area contributed by atoms with Gasteiger partial charge in [0.2, 0.25) is 0 Å². The molecule has 0 aromatic heterocycles. The van der Waals surface area contributed by atoms with Gasteiger partial charge in [0.25, 0.3) is 0 Å². The molecule has 0 aromatic rings. The molecule has 2 aliphatic heterocycles. The van der Waals surface area contributed by atoms with Crippen LogP contribution in [0.15, 0.2) is 11.8 Å². The van der Waals surface area contributed by atoms with Crippen LogP contribution in [-0.2, 0) is 9.47 Å². The van der Waals surface area contributed by atoms with Crippen LogP contribution in [0, 0.1) is 5.92 Å². The summed E-state index contributed by atoms with van der Waals surface area (Å²) in [4.78, 5) is 14.1. The molecule has 5 nitrogen and oxygen atoms in total. The molecule has 23 heavy (non-hydrogen) atoms. The van der Waals surface area contributed by atoms with Gasteiger partial charge in [0.1, 0.15) is 11.4 Å². The highest BCUT2D eigenvalue weighted by molar-refractivity contribution is 5.68. The first kappa shape index (κ1) is 18.1. The Balaban J connectivity index is 1.97. The van der Waals surface area contributed by atoms with E-state index in [0.29, 0.717) is 5.92 Å². The Hall–Kier alpha value is -1.23. The number of allylic oxidation sites excluding steroid dienone is 1. The van der Waals surface area contributed by atoms with Crippen LogP contribution >= 0.6 is 0 Å². The maximum atomic E-state index is 12.3. The minimum Gasteiger partial charge on any atom is -0.497 e. The third-order valence-corrected chi connectivity index (χ3v) is 4.23. The molecule has 1 saturated heterocycles. The van der Waals surface area contributed by atoms with Gasteiger partial charge in [-0.3, -0.25) is 0 Å². The number of hydrogen-bond acceptors (Lipinski definition) is 4. The first-order valence-electron chi connectivity index (χ1n) is 8.95. The molecule has 1 amide bonds. The molecule has 2 unspecified atom stereocenters. The van der Waals surface area contributed by atoms with Gasteiger partial charge in [0, 0.05) is 19.0 Å². The van der Waals surface area contributed by atoms with Crippen LogP contribution in [0.2, 0.25) is 0 Å². The fourth-order valence-corrected chi connectivity index (χ4v) is 3.14. The molecular weight excluding hydrogens is 292 g/mol. The van der Waals surface area contributed by atoms with Crippen molar-refractivity contribution in [2.45, 2.75) is 65.0 Å². The Morgan fingerprint density at radius 3 is 2.91 bits per heavy atom. The Morgan fingerprint density at radius 2 is 2.30 bits per heavy atom. The molecule has 0 radical (unpaired) electrons. The normalized spacial score (nSPS) is 23.2. The van der Waals surface area contributed by atoms with Gasteiger partial charge in [-0.15, -0.1) is 0 Å². The van der Waals surface area contributed by atoms with E-state index in [4.69, 9.17) is 9.47 Å². The highest BCUT2D eigenvalue weighted by Gasteiger charge is 2.36. The van der Waals surface area contributed by atoms with Crippen molar-refractivity contribution in [3.05, 3.63) is 11.8 Å². The first-order valence-corrected chi connectivity index (χ1v) is 8.95. The Morgan fingerprint density at radius 1 is 1.52 bits per heavy atom. The van der Waals surface area contributed by atoms with E-state index in [-0.39, 0.29) is 12.1 Å². The summed E-state index contributed by atoms with van der Waals surface area (Å²) in [7, 11) is 0. The van der Waals surface area contributed by atoms with E-state index in [2.05, 4.69) is 18.3 Å². The number of nitrogens with zero attached hydrogens (tertiary/aromatic N) is 1. The number of nitrogens with one attached hydrogen (secondary N) is 1. The maximum absolute atomic E-state index is 12.3. The highest BCUT2D eigenvalue weighted by Crippen LogP contribution is 2.27. The van der Waals surface area contributed by atoms with Gasteiger partial charge in [-0.1, -0.05) is 6.92 Å². The molecular formula is C18H32N2O3. The van der Waals surface area contributed by atoms with E-state index in [0.717, 1.165) is 57.7 Å². The minimum atomic E-state index is -0.440. The SMILES string of the molecule is CCCNC(C1=CCCCO1)C1CCN(C(=O)OC(C)(C)C)C1. The molecule has 1 fully saturated rings. The quantitative estimate of drug-likeness (QED) is 0.843. The number of amides is 1. The molecule has 1 N–H and O–H groups in total. The van der Waals surface area contributed by atoms with Gasteiger partial charge in [0.05, 0.1) is 12.6 Å². The van der Waals surface area contributed by atoms with Gasteiger partial charge >= 0.3 is 6.09 Å². The van der Waals surface area contributed by atoms with Crippen LogP contribution in [0.25, 0.3) is 0 Å². The topological polar surface area (TPSA) is 50.8 Å². The molecule has 0 bridgehead atoms. The number of ether oxygens (including phenoxy) is 2. The zero-order valence-electron chi connectivity index (χ0n) is 15.1. The summed E-state index contributed by atoms with van der Waals surface area (Å²) in [6, 6.07) is 0.211. The van der Waals surface area contributed by atoms with Gasteiger partial charge in [-0.05, 0) is 59.1 Å². The van der Waals surface area contributed by atoms with Crippen LogP contribution in [0.3, 0.4) is 0 Å². The maximum Gasteiger partial charge on any atom is 0.410 e.